The molecule has 1 aliphatic heterocycles. The van der Waals surface area contributed by atoms with Crippen LogP contribution < -0.4 is 15.0 Å². The zero-order valence-corrected chi connectivity index (χ0v) is 16.2. The molecule has 8 heteroatoms. The molecule has 0 bridgehead atoms. The summed E-state index contributed by atoms with van der Waals surface area (Å²) in [6.45, 7) is 2.63. The molecule has 0 radical (unpaired) electrons. The molecular formula is C21H22N6O2. The molecule has 8 nitrogen and oxygen atoms in total. The van der Waals surface area contributed by atoms with Crippen molar-refractivity contribution in [2.45, 2.75) is 0 Å². The zero-order chi connectivity index (χ0) is 20.1. The maximum absolute atomic E-state index is 12.8. The number of anilines is 3. The SMILES string of the molecule is COc1ccc(Nc2ccc(C(=O)N3CCN(c4ncccn4)CC3)nc2)cc1. The predicted octanol–water partition coefficient (Wildman–Crippen LogP) is 2.59. The topological polar surface area (TPSA) is 83.5 Å². The number of amides is 1. The molecule has 2 aromatic heterocycles. The Morgan fingerprint density at radius 3 is 2.24 bits per heavy atom. The summed E-state index contributed by atoms with van der Waals surface area (Å²) >= 11 is 0. The largest absolute Gasteiger partial charge is 0.497 e. The Labute approximate surface area is 169 Å². The lowest BCUT2D eigenvalue weighted by atomic mass is 10.2. The Hall–Kier alpha value is -3.68. The number of hydrogen-bond acceptors (Lipinski definition) is 7. The summed E-state index contributed by atoms with van der Waals surface area (Å²) in [5.41, 5.74) is 2.18. The van der Waals surface area contributed by atoms with E-state index in [4.69, 9.17) is 4.74 Å². The number of carbonyl (C=O) groups excluding carboxylic acids is 1. The van der Waals surface area contributed by atoms with Gasteiger partial charge in [0.05, 0.1) is 19.0 Å². The van der Waals surface area contributed by atoms with Crippen molar-refractivity contribution in [2.75, 3.05) is 43.5 Å². The van der Waals surface area contributed by atoms with E-state index in [1.807, 2.05) is 35.2 Å². The molecule has 0 saturated carbocycles. The maximum atomic E-state index is 12.8. The molecule has 3 heterocycles. The second kappa shape index (κ2) is 8.55. The van der Waals surface area contributed by atoms with Crippen molar-refractivity contribution in [3.63, 3.8) is 0 Å². The van der Waals surface area contributed by atoms with Gasteiger partial charge in [-0.3, -0.25) is 4.79 Å². The molecule has 0 aliphatic carbocycles. The zero-order valence-electron chi connectivity index (χ0n) is 16.2. The fourth-order valence-corrected chi connectivity index (χ4v) is 3.16. The maximum Gasteiger partial charge on any atom is 0.272 e. The van der Waals surface area contributed by atoms with Crippen molar-refractivity contribution in [1.29, 1.82) is 0 Å². The number of ether oxygens (including phenoxy) is 1. The molecule has 29 heavy (non-hydrogen) atoms. The highest BCUT2D eigenvalue weighted by Crippen LogP contribution is 2.20. The van der Waals surface area contributed by atoms with Crippen LogP contribution in [0.3, 0.4) is 0 Å². The van der Waals surface area contributed by atoms with Crippen molar-refractivity contribution in [2.24, 2.45) is 0 Å². The van der Waals surface area contributed by atoms with E-state index < -0.39 is 0 Å². The number of methoxy groups -OCH3 is 1. The molecule has 148 valence electrons. The van der Waals surface area contributed by atoms with Gasteiger partial charge in [-0.15, -0.1) is 0 Å². The normalized spacial score (nSPS) is 13.8. The number of nitrogens with one attached hydrogen (secondary N) is 1. The Morgan fingerprint density at radius 1 is 0.931 bits per heavy atom. The van der Waals surface area contributed by atoms with Crippen LogP contribution >= 0.6 is 0 Å². The minimum absolute atomic E-state index is 0.0605. The Balaban J connectivity index is 1.34. The van der Waals surface area contributed by atoms with Gasteiger partial charge in [0, 0.05) is 44.3 Å². The van der Waals surface area contributed by atoms with Gasteiger partial charge in [0.1, 0.15) is 11.4 Å². The van der Waals surface area contributed by atoms with Crippen LogP contribution in [-0.4, -0.2) is 59.0 Å². The number of benzene rings is 1. The molecule has 0 atom stereocenters. The summed E-state index contributed by atoms with van der Waals surface area (Å²) in [6, 6.07) is 13.0. The highest BCUT2D eigenvalue weighted by Gasteiger charge is 2.24. The number of hydrogen-bond donors (Lipinski definition) is 1. The van der Waals surface area contributed by atoms with Crippen LogP contribution in [0.5, 0.6) is 5.75 Å². The lowest BCUT2D eigenvalue weighted by Gasteiger charge is -2.34. The van der Waals surface area contributed by atoms with Crippen LogP contribution in [0.25, 0.3) is 0 Å². The van der Waals surface area contributed by atoms with E-state index in [2.05, 4.69) is 25.2 Å². The first-order valence-electron chi connectivity index (χ1n) is 9.41. The van der Waals surface area contributed by atoms with Crippen molar-refractivity contribution in [1.82, 2.24) is 19.9 Å². The number of aromatic nitrogens is 3. The molecule has 3 aromatic rings. The van der Waals surface area contributed by atoms with E-state index in [0.717, 1.165) is 17.1 Å². The van der Waals surface area contributed by atoms with Gasteiger partial charge in [-0.25, -0.2) is 15.0 Å². The fourth-order valence-electron chi connectivity index (χ4n) is 3.16. The van der Waals surface area contributed by atoms with Crippen LogP contribution in [0.15, 0.2) is 61.1 Å². The first-order chi connectivity index (χ1) is 14.2. The molecule has 1 N–H and O–H groups in total. The third-order valence-corrected chi connectivity index (χ3v) is 4.76. The monoisotopic (exact) mass is 390 g/mol. The first kappa shape index (κ1) is 18.7. The average Bonchev–Trinajstić information content (AvgIpc) is 2.80. The minimum Gasteiger partial charge on any atom is -0.497 e. The smallest absolute Gasteiger partial charge is 0.272 e. The van der Waals surface area contributed by atoms with Gasteiger partial charge in [-0.1, -0.05) is 0 Å². The van der Waals surface area contributed by atoms with Gasteiger partial charge in [0.15, 0.2) is 0 Å². The second-order valence-corrected chi connectivity index (χ2v) is 6.61. The summed E-state index contributed by atoms with van der Waals surface area (Å²) in [7, 11) is 1.64. The molecule has 4 rings (SSSR count). The fraction of sp³-hybridized carbons (Fsp3) is 0.238. The third kappa shape index (κ3) is 4.43. The van der Waals surface area contributed by atoms with E-state index >= 15 is 0 Å². The van der Waals surface area contributed by atoms with Gasteiger partial charge >= 0.3 is 0 Å². The Bertz CT molecular complexity index is 939. The molecule has 1 saturated heterocycles. The van der Waals surface area contributed by atoms with E-state index in [-0.39, 0.29) is 5.91 Å². The molecule has 1 aromatic carbocycles. The van der Waals surface area contributed by atoms with Gasteiger partial charge in [-0.05, 0) is 42.5 Å². The van der Waals surface area contributed by atoms with Crippen molar-refractivity contribution >= 4 is 23.2 Å². The lowest BCUT2D eigenvalue weighted by molar-refractivity contribution is 0.0740. The highest BCUT2D eigenvalue weighted by molar-refractivity contribution is 5.92. The van der Waals surface area contributed by atoms with E-state index in [1.165, 1.54) is 0 Å². The van der Waals surface area contributed by atoms with Crippen molar-refractivity contribution in [3.05, 3.63) is 66.7 Å². The third-order valence-electron chi connectivity index (χ3n) is 4.76. The van der Waals surface area contributed by atoms with Crippen molar-refractivity contribution in [3.8, 4) is 5.75 Å². The average molecular weight is 390 g/mol. The van der Waals surface area contributed by atoms with Crippen LogP contribution in [0.2, 0.25) is 0 Å². The van der Waals surface area contributed by atoms with Crippen LogP contribution in [0.1, 0.15) is 10.5 Å². The van der Waals surface area contributed by atoms with Crippen LogP contribution in [0, 0.1) is 0 Å². The van der Waals surface area contributed by atoms with E-state index in [0.29, 0.717) is 37.8 Å². The van der Waals surface area contributed by atoms with Gasteiger partial charge in [0.2, 0.25) is 5.95 Å². The van der Waals surface area contributed by atoms with Gasteiger partial charge < -0.3 is 19.9 Å². The van der Waals surface area contributed by atoms with Crippen LogP contribution in [-0.2, 0) is 0 Å². The minimum atomic E-state index is -0.0605. The van der Waals surface area contributed by atoms with Gasteiger partial charge in [0.25, 0.3) is 5.91 Å². The summed E-state index contributed by atoms with van der Waals surface area (Å²) in [4.78, 5) is 29.5. The first-order valence-corrected chi connectivity index (χ1v) is 9.41. The Kier molecular flexibility index (Phi) is 5.51. The predicted molar refractivity (Wildman–Crippen MR) is 111 cm³/mol. The Morgan fingerprint density at radius 2 is 1.62 bits per heavy atom. The molecule has 0 unspecified atom stereocenters. The summed E-state index contributed by atoms with van der Waals surface area (Å²) < 4.78 is 5.16. The van der Waals surface area contributed by atoms with Gasteiger partial charge in [-0.2, -0.15) is 0 Å². The second-order valence-electron chi connectivity index (χ2n) is 6.61. The van der Waals surface area contributed by atoms with E-state index in [9.17, 15) is 4.79 Å². The number of piperazine rings is 1. The molecule has 0 spiro atoms. The molecular weight excluding hydrogens is 368 g/mol. The van der Waals surface area contributed by atoms with E-state index in [1.54, 1.807) is 37.8 Å². The number of rotatable bonds is 5. The quantitative estimate of drug-likeness (QED) is 0.717. The standard InChI is InChI=1S/C21H22N6O2/c1-29-18-6-3-16(4-7-18)25-17-5-8-19(24-15-17)20(28)26-11-13-27(14-12-26)21-22-9-2-10-23-21/h2-10,15,25H,11-14H2,1H3. The molecule has 1 fully saturated rings. The lowest BCUT2D eigenvalue weighted by Crippen LogP contribution is -2.49. The van der Waals surface area contributed by atoms with Crippen LogP contribution in [0.4, 0.5) is 17.3 Å². The molecule has 1 aliphatic rings. The summed E-state index contributed by atoms with van der Waals surface area (Å²) in [5.74, 6) is 1.44. The highest BCUT2D eigenvalue weighted by atomic mass is 16.5. The summed E-state index contributed by atoms with van der Waals surface area (Å²) in [5, 5.41) is 3.26. The summed E-state index contributed by atoms with van der Waals surface area (Å²) in [6.07, 6.45) is 5.13. The number of nitrogens with zero attached hydrogens (tertiary/aromatic N) is 5. The molecule has 1 amide bonds. The number of pyridine rings is 1. The number of carbonyl (C=O) groups is 1. The van der Waals surface area contributed by atoms with Crippen molar-refractivity contribution < 1.29 is 9.53 Å².